The Kier molecular flexibility index (Phi) is 5.87. The summed E-state index contributed by atoms with van der Waals surface area (Å²) in [5.74, 6) is 0. The smallest absolute Gasteiger partial charge is 0.409 e. The van der Waals surface area contributed by atoms with Crippen molar-refractivity contribution in [3.63, 3.8) is 0 Å². The Morgan fingerprint density at radius 2 is 2.05 bits per heavy atom. The third-order valence-electron chi connectivity index (χ3n) is 3.56. The Bertz CT molecular complexity index is 400. The molecule has 1 amide bonds. The highest BCUT2D eigenvalue weighted by Gasteiger charge is 2.22. The number of amides is 1. The first-order valence-corrected chi connectivity index (χ1v) is 7.33. The lowest BCUT2D eigenvalue weighted by molar-refractivity contribution is 0.0953. The summed E-state index contributed by atoms with van der Waals surface area (Å²) in [6.45, 7) is 4.71. The average Bonchev–Trinajstić information content (AvgIpc) is 2.49. The second kappa shape index (κ2) is 7.90. The molecule has 1 aromatic carbocycles. The van der Waals surface area contributed by atoms with Crippen LogP contribution in [0.2, 0.25) is 0 Å². The number of piperidine rings is 1. The van der Waals surface area contributed by atoms with E-state index in [0.29, 0.717) is 12.6 Å². The van der Waals surface area contributed by atoms with Crippen LogP contribution >= 0.6 is 0 Å². The number of carbonyl (C=O) groups excluding carboxylic acids is 1. The highest BCUT2D eigenvalue weighted by Crippen LogP contribution is 2.11. The van der Waals surface area contributed by atoms with Gasteiger partial charge in [-0.2, -0.15) is 0 Å². The Morgan fingerprint density at radius 3 is 2.70 bits per heavy atom. The summed E-state index contributed by atoms with van der Waals surface area (Å²) in [7, 11) is 0. The molecule has 0 unspecified atom stereocenters. The first-order chi connectivity index (χ1) is 9.79. The maximum Gasteiger partial charge on any atom is 0.409 e. The lowest BCUT2D eigenvalue weighted by atomic mass is 10.0. The average molecular weight is 275 g/mol. The van der Waals surface area contributed by atoms with Gasteiger partial charge in [0.25, 0.3) is 0 Å². The van der Waals surface area contributed by atoms with Crippen LogP contribution in [-0.2, 0) is 4.74 Å². The van der Waals surface area contributed by atoms with Gasteiger partial charge >= 0.3 is 6.09 Å². The third kappa shape index (κ3) is 4.53. The molecule has 4 nitrogen and oxygen atoms in total. The predicted octanol–water partition coefficient (Wildman–Crippen LogP) is 2.45. The van der Waals surface area contributed by atoms with Crippen LogP contribution in [0.15, 0.2) is 30.3 Å². The van der Waals surface area contributed by atoms with Crippen molar-refractivity contribution in [2.75, 3.05) is 26.2 Å². The Labute approximate surface area is 121 Å². The van der Waals surface area contributed by atoms with Crippen molar-refractivity contribution in [3.8, 4) is 0 Å². The molecule has 0 spiro atoms. The molecule has 0 bridgehead atoms. The van der Waals surface area contributed by atoms with E-state index in [0.717, 1.165) is 32.5 Å². The fourth-order valence-electron chi connectivity index (χ4n) is 2.41. The van der Waals surface area contributed by atoms with Gasteiger partial charge in [0.05, 0.1) is 6.61 Å². The molecule has 1 aliphatic rings. The second-order valence-electron chi connectivity index (χ2n) is 4.98. The van der Waals surface area contributed by atoms with Gasteiger partial charge in [-0.1, -0.05) is 30.3 Å². The summed E-state index contributed by atoms with van der Waals surface area (Å²) < 4.78 is 5.02. The van der Waals surface area contributed by atoms with Crippen LogP contribution in [0.25, 0.3) is 0 Å². The van der Waals surface area contributed by atoms with E-state index in [1.807, 2.05) is 25.1 Å². The Hall–Kier alpha value is -1.55. The van der Waals surface area contributed by atoms with Crippen molar-refractivity contribution < 1.29 is 9.53 Å². The standard InChI is InChI=1S/C16H23N2O2/c1-2-20-16(19)18-12-9-15(10-13-18)17-11-8-14-6-4-3-5-7-14/h3-8,15,17H,2,9-13H2,1H3. The maximum absolute atomic E-state index is 11.6. The van der Waals surface area contributed by atoms with Crippen LogP contribution in [0.1, 0.15) is 25.3 Å². The van der Waals surface area contributed by atoms with Gasteiger partial charge in [-0.25, -0.2) is 4.79 Å². The van der Waals surface area contributed by atoms with Crippen molar-refractivity contribution in [2.45, 2.75) is 25.8 Å². The fraction of sp³-hybridized carbons (Fsp3) is 0.500. The summed E-state index contributed by atoms with van der Waals surface area (Å²) in [4.78, 5) is 13.4. The SMILES string of the molecule is CCOC(=O)N1CCC(NC[CH]c2ccccc2)CC1. The van der Waals surface area contributed by atoms with Gasteiger partial charge in [0, 0.05) is 32.1 Å². The zero-order chi connectivity index (χ0) is 14.2. The molecule has 1 aromatic rings. The quantitative estimate of drug-likeness (QED) is 0.897. The number of carbonyl (C=O) groups is 1. The molecular formula is C16H23N2O2. The van der Waals surface area contributed by atoms with Crippen molar-refractivity contribution >= 4 is 6.09 Å². The molecule has 109 valence electrons. The van der Waals surface area contributed by atoms with Crippen LogP contribution in [0, 0.1) is 6.42 Å². The second-order valence-corrected chi connectivity index (χ2v) is 4.98. The lowest BCUT2D eigenvalue weighted by Gasteiger charge is -2.31. The largest absolute Gasteiger partial charge is 0.450 e. The van der Waals surface area contributed by atoms with Gasteiger partial charge in [-0.05, 0) is 25.3 Å². The highest BCUT2D eigenvalue weighted by molar-refractivity contribution is 5.67. The number of hydrogen-bond donors (Lipinski definition) is 1. The monoisotopic (exact) mass is 275 g/mol. The normalized spacial score (nSPS) is 16.1. The zero-order valence-corrected chi connectivity index (χ0v) is 12.0. The summed E-state index contributed by atoms with van der Waals surface area (Å²) in [5.41, 5.74) is 1.24. The molecule has 0 atom stereocenters. The van der Waals surface area contributed by atoms with Crippen LogP contribution in [0.3, 0.4) is 0 Å². The first-order valence-electron chi connectivity index (χ1n) is 7.33. The molecule has 1 N–H and O–H groups in total. The van der Waals surface area contributed by atoms with Gasteiger partial charge in [0.1, 0.15) is 0 Å². The summed E-state index contributed by atoms with van der Waals surface area (Å²) >= 11 is 0. The van der Waals surface area contributed by atoms with E-state index in [9.17, 15) is 4.79 Å². The van der Waals surface area contributed by atoms with E-state index in [-0.39, 0.29) is 6.09 Å². The van der Waals surface area contributed by atoms with Crippen LogP contribution in [0.4, 0.5) is 4.79 Å². The van der Waals surface area contributed by atoms with Crippen LogP contribution < -0.4 is 5.32 Å². The first kappa shape index (κ1) is 14.9. The summed E-state index contributed by atoms with van der Waals surface area (Å²) in [6.07, 6.45) is 3.99. The molecular weight excluding hydrogens is 252 g/mol. The molecule has 1 aliphatic heterocycles. The number of likely N-dealkylation sites (tertiary alicyclic amines) is 1. The minimum atomic E-state index is -0.179. The maximum atomic E-state index is 11.6. The Morgan fingerprint density at radius 1 is 1.35 bits per heavy atom. The molecule has 20 heavy (non-hydrogen) atoms. The summed E-state index contributed by atoms with van der Waals surface area (Å²) in [5, 5.41) is 3.53. The molecule has 0 aliphatic carbocycles. The number of rotatable bonds is 5. The van der Waals surface area contributed by atoms with E-state index in [4.69, 9.17) is 4.74 Å². The minimum absolute atomic E-state index is 0.179. The zero-order valence-electron chi connectivity index (χ0n) is 12.0. The number of benzene rings is 1. The lowest BCUT2D eigenvalue weighted by Crippen LogP contribution is -2.45. The van der Waals surface area contributed by atoms with E-state index in [2.05, 4.69) is 23.9 Å². The van der Waals surface area contributed by atoms with E-state index in [1.54, 1.807) is 4.90 Å². The van der Waals surface area contributed by atoms with Gasteiger partial charge in [-0.15, -0.1) is 0 Å². The molecule has 1 heterocycles. The Balaban J connectivity index is 1.63. The van der Waals surface area contributed by atoms with Crippen molar-refractivity contribution in [3.05, 3.63) is 42.3 Å². The number of nitrogens with zero attached hydrogens (tertiary/aromatic N) is 1. The molecule has 0 aromatic heterocycles. The minimum Gasteiger partial charge on any atom is -0.450 e. The van der Waals surface area contributed by atoms with Gasteiger partial charge in [0.2, 0.25) is 0 Å². The predicted molar refractivity (Wildman–Crippen MR) is 79.5 cm³/mol. The van der Waals surface area contributed by atoms with Crippen molar-refractivity contribution in [2.24, 2.45) is 0 Å². The number of ether oxygens (including phenoxy) is 1. The van der Waals surface area contributed by atoms with Gasteiger partial charge in [-0.3, -0.25) is 0 Å². The molecule has 4 heteroatoms. The summed E-state index contributed by atoms with van der Waals surface area (Å²) in [6, 6.07) is 10.8. The molecule has 1 saturated heterocycles. The highest BCUT2D eigenvalue weighted by atomic mass is 16.6. The van der Waals surface area contributed by atoms with Crippen LogP contribution in [-0.4, -0.2) is 43.3 Å². The van der Waals surface area contributed by atoms with E-state index in [1.165, 1.54) is 5.56 Å². The third-order valence-corrected chi connectivity index (χ3v) is 3.56. The molecule has 0 saturated carbocycles. The topological polar surface area (TPSA) is 41.6 Å². The molecule has 1 radical (unpaired) electrons. The molecule has 2 rings (SSSR count). The van der Waals surface area contributed by atoms with E-state index < -0.39 is 0 Å². The van der Waals surface area contributed by atoms with E-state index >= 15 is 0 Å². The van der Waals surface area contributed by atoms with Crippen LogP contribution in [0.5, 0.6) is 0 Å². The van der Waals surface area contributed by atoms with Gasteiger partial charge in [0.15, 0.2) is 0 Å². The molecule has 1 fully saturated rings. The van der Waals surface area contributed by atoms with Crippen molar-refractivity contribution in [1.82, 2.24) is 10.2 Å². The number of hydrogen-bond acceptors (Lipinski definition) is 3. The van der Waals surface area contributed by atoms with Crippen molar-refractivity contribution in [1.29, 1.82) is 0 Å². The fourth-order valence-corrected chi connectivity index (χ4v) is 2.41. The van der Waals surface area contributed by atoms with Gasteiger partial charge < -0.3 is 15.0 Å². The number of nitrogens with one attached hydrogen (secondary N) is 1.